The van der Waals surface area contributed by atoms with Gasteiger partial charge < -0.3 is 5.32 Å². The van der Waals surface area contributed by atoms with Gasteiger partial charge in [0.05, 0.1) is 12.7 Å². The van der Waals surface area contributed by atoms with Gasteiger partial charge in [-0.2, -0.15) is 5.10 Å². The maximum absolute atomic E-state index is 12.1. The zero-order valence-corrected chi connectivity index (χ0v) is 13.3. The largest absolute Gasteiger partial charge is 0.352 e. The maximum Gasteiger partial charge on any atom is 0.234 e. The van der Waals surface area contributed by atoms with Gasteiger partial charge in [0.2, 0.25) is 5.91 Å². The molecule has 1 aliphatic carbocycles. The second-order valence-corrected chi connectivity index (χ2v) is 6.30. The quantitative estimate of drug-likeness (QED) is 0.904. The Bertz CT molecular complexity index is 435. The Morgan fingerprint density at radius 3 is 2.62 bits per heavy atom. The third kappa shape index (κ3) is 5.87. The Morgan fingerprint density at radius 1 is 1.33 bits per heavy atom. The first-order valence-corrected chi connectivity index (χ1v) is 8.09. The summed E-state index contributed by atoms with van der Waals surface area (Å²) in [5.41, 5.74) is 1.14. The number of likely N-dealkylation sites (N-methyl/N-ethyl adjacent to an activating group) is 1. The maximum atomic E-state index is 12.1. The SMILES string of the molecule is CN(CC(=O)NC1CCCCCCC1)Cc1cnn(C)c1. The molecule has 0 saturated heterocycles. The molecule has 0 aliphatic heterocycles. The van der Waals surface area contributed by atoms with E-state index in [1.165, 1.54) is 32.1 Å². The zero-order chi connectivity index (χ0) is 15.1. The van der Waals surface area contributed by atoms with E-state index in [0.29, 0.717) is 12.6 Å². The van der Waals surface area contributed by atoms with Crippen molar-refractivity contribution < 1.29 is 4.79 Å². The summed E-state index contributed by atoms with van der Waals surface area (Å²) >= 11 is 0. The Morgan fingerprint density at radius 2 is 2.00 bits per heavy atom. The lowest BCUT2D eigenvalue weighted by molar-refractivity contribution is -0.122. The number of rotatable bonds is 5. The summed E-state index contributed by atoms with van der Waals surface area (Å²) in [4.78, 5) is 14.2. The molecule has 0 atom stereocenters. The number of hydrogen-bond donors (Lipinski definition) is 1. The molecule has 0 bridgehead atoms. The van der Waals surface area contributed by atoms with Crippen LogP contribution in [0.5, 0.6) is 0 Å². The van der Waals surface area contributed by atoms with Gasteiger partial charge >= 0.3 is 0 Å². The van der Waals surface area contributed by atoms with E-state index in [9.17, 15) is 4.79 Å². The lowest BCUT2D eigenvalue weighted by atomic mass is 9.97. The molecule has 2 rings (SSSR count). The van der Waals surface area contributed by atoms with Gasteiger partial charge in [-0.25, -0.2) is 0 Å². The van der Waals surface area contributed by atoms with Crippen LogP contribution in [-0.2, 0) is 18.4 Å². The number of aromatic nitrogens is 2. The fourth-order valence-electron chi connectivity index (χ4n) is 3.04. The average Bonchev–Trinajstić information content (AvgIpc) is 2.77. The van der Waals surface area contributed by atoms with Crippen LogP contribution in [0.15, 0.2) is 12.4 Å². The molecule has 1 aromatic rings. The highest BCUT2D eigenvalue weighted by atomic mass is 16.2. The highest BCUT2D eigenvalue weighted by Crippen LogP contribution is 2.17. The van der Waals surface area contributed by atoms with Crippen molar-refractivity contribution >= 4 is 5.91 Å². The summed E-state index contributed by atoms with van der Waals surface area (Å²) in [6.45, 7) is 1.21. The molecule has 1 aromatic heterocycles. The standard InChI is InChI=1S/C16H28N4O/c1-19(11-14-10-17-20(2)12-14)13-16(21)18-15-8-6-4-3-5-7-9-15/h10,12,15H,3-9,11,13H2,1-2H3,(H,18,21). The van der Waals surface area contributed by atoms with Crippen molar-refractivity contribution in [3.63, 3.8) is 0 Å². The summed E-state index contributed by atoms with van der Waals surface area (Å²) in [7, 11) is 3.88. The van der Waals surface area contributed by atoms with Crippen molar-refractivity contribution in [1.82, 2.24) is 20.0 Å². The molecule has 5 nitrogen and oxygen atoms in total. The molecule has 1 aliphatic rings. The van der Waals surface area contributed by atoms with E-state index >= 15 is 0 Å². The lowest BCUT2D eigenvalue weighted by Gasteiger charge is -2.22. The Kier molecular flexibility index (Phi) is 6.23. The molecular formula is C16H28N4O. The van der Waals surface area contributed by atoms with Gasteiger partial charge in [0.25, 0.3) is 0 Å². The number of aryl methyl sites for hydroxylation is 1. The van der Waals surface area contributed by atoms with Gasteiger partial charge in [0, 0.05) is 31.4 Å². The van der Waals surface area contributed by atoms with Crippen LogP contribution in [0.2, 0.25) is 0 Å². The Balaban J connectivity index is 1.72. The fourth-order valence-corrected chi connectivity index (χ4v) is 3.04. The first-order chi connectivity index (χ1) is 10.1. The van der Waals surface area contributed by atoms with Crippen LogP contribution in [0.3, 0.4) is 0 Å². The minimum absolute atomic E-state index is 0.145. The highest BCUT2D eigenvalue weighted by molar-refractivity contribution is 5.78. The van der Waals surface area contributed by atoms with Gasteiger partial charge in [0.15, 0.2) is 0 Å². The predicted molar refractivity (Wildman–Crippen MR) is 83.8 cm³/mol. The second kappa shape index (κ2) is 8.17. The van der Waals surface area contributed by atoms with Crippen LogP contribution in [-0.4, -0.2) is 40.2 Å². The van der Waals surface area contributed by atoms with Crippen molar-refractivity contribution in [3.8, 4) is 0 Å². The van der Waals surface area contributed by atoms with Gasteiger partial charge in [-0.3, -0.25) is 14.4 Å². The van der Waals surface area contributed by atoms with Crippen molar-refractivity contribution in [1.29, 1.82) is 0 Å². The van der Waals surface area contributed by atoms with Gasteiger partial charge in [0.1, 0.15) is 0 Å². The van der Waals surface area contributed by atoms with Crippen LogP contribution in [0.1, 0.15) is 50.5 Å². The molecule has 0 aromatic carbocycles. The molecule has 0 unspecified atom stereocenters. The van der Waals surface area contributed by atoms with Gasteiger partial charge in [-0.05, 0) is 19.9 Å². The topological polar surface area (TPSA) is 50.2 Å². The second-order valence-electron chi connectivity index (χ2n) is 6.30. The van der Waals surface area contributed by atoms with Crippen LogP contribution in [0.4, 0.5) is 0 Å². The Labute approximate surface area is 127 Å². The molecular weight excluding hydrogens is 264 g/mol. The van der Waals surface area contributed by atoms with Crippen molar-refractivity contribution in [2.24, 2.45) is 7.05 Å². The molecule has 1 amide bonds. The average molecular weight is 292 g/mol. The van der Waals surface area contributed by atoms with E-state index in [2.05, 4.69) is 10.4 Å². The lowest BCUT2D eigenvalue weighted by Crippen LogP contribution is -2.41. The highest BCUT2D eigenvalue weighted by Gasteiger charge is 2.15. The molecule has 0 radical (unpaired) electrons. The number of amides is 1. The van der Waals surface area contributed by atoms with Crippen molar-refractivity contribution in [3.05, 3.63) is 18.0 Å². The number of nitrogens with one attached hydrogen (secondary N) is 1. The smallest absolute Gasteiger partial charge is 0.234 e. The van der Waals surface area contributed by atoms with Crippen molar-refractivity contribution in [2.45, 2.75) is 57.5 Å². The minimum Gasteiger partial charge on any atom is -0.352 e. The number of hydrogen-bond acceptors (Lipinski definition) is 3. The van der Waals surface area contributed by atoms with E-state index < -0.39 is 0 Å². The third-order valence-corrected chi connectivity index (χ3v) is 4.09. The predicted octanol–water partition coefficient (Wildman–Crippen LogP) is 2.08. The molecule has 1 N–H and O–H groups in total. The first-order valence-electron chi connectivity index (χ1n) is 8.09. The van der Waals surface area contributed by atoms with E-state index in [4.69, 9.17) is 0 Å². The summed E-state index contributed by atoms with van der Waals surface area (Å²) in [5, 5.41) is 7.36. The molecule has 118 valence electrons. The van der Waals surface area contributed by atoms with E-state index in [1.807, 2.05) is 31.4 Å². The molecule has 0 spiro atoms. The summed E-state index contributed by atoms with van der Waals surface area (Å²) in [6, 6.07) is 0.379. The monoisotopic (exact) mass is 292 g/mol. The first kappa shape index (κ1) is 16.0. The van der Waals surface area contributed by atoms with Crippen LogP contribution in [0, 0.1) is 0 Å². The third-order valence-electron chi connectivity index (χ3n) is 4.09. The molecule has 1 heterocycles. The van der Waals surface area contributed by atoms with Crippen LogP contribution in [0.25, 0.3) is 0 Å². The summed E-state index contributed by atoms with van der Waals surface area (Å²) < 4.78 is 1.79. The Hall–Kier alpha value is -1.36. The summed E-state index contributed by atoms with van der Waals surface area (Å²) in [5.74, 6) is 0.145. The van der Waals surface area contributed by atoms with Crippen LogP contribution < -0.4 is 5.32 Å². The molecule has 21 heavy (non-hydrogen) atoms. The number of carbonyl (C=O) groups excluding carboxylic acids is 1. The normalized spacial score (nSPS) is 17.5. The van der Waals surface area contributed by atoms with Gasteiger partial charge in [-0.1, -0.05) is 32.1 Å². The van der Waals surface area contributed by atoms with E-state index in [1.54, 1.807) is 4.68 Å². The molecule has 1 saturated carbocycles. The number of nitrogens with zero attached hydrogens (tertiary/aromatic N) is 3. The fraction of sp³-hybridized carbons (Fsp3) is 0.750. The van der Waals surface area contributed by atoms with E-state index in [-0.39, 0.29) is 5.91 Å². The molecule has 5 heteroatoms. The molecule has 1 fully saturated rings. The van der Waals surface area contributed by atoms with Gasteiger partial charge in [-0.15, -0.1) is 0 Å². The van der Waals surface area contributed by atoms with Crippen LogP contribution >= 0.6 is 0 Å². The zero-order valence-electron chi connectivity index (χ0n) is 13.3. The van der Waals surface area contributed by atoms with Crippen molar-refractivity contribution in [2.75, 3.05) is 13.6 Å². The number of carbonyl (C=O) groups is 1. The summed E-state index contributed by atoms with van der Waals surface area (Å²) in [6.07, 6.45) is 12.6. The minimum atomic E-state index is 0.145. The van der Waals surface area contributed by atoms with E-state index in [0.717, 1.165) is 24.9 Å².